The molecule has 1 N–H and O–H groups in total. The molecule has 0 fully saturated rings. The molecule has 0 saturated heterocycles. The van der Waals surface area contributed by atoms with Crippen LogP contribution < -0.4 is 10.1 Å². The van der Waals surface area contributed by atoms with Crippen LogP contribution in [0.25, 0.3) is 0 Å². The van der Waals surface area contributed by atoms with Gasteiger partial charge in [-0.1, -0.05) is 89.2 Å². The highest BCUT2D eigenvalue weighted by Gasteiger charge is 2.30. The van der Waals surface area contributed by atoms with Crippen LogP contribution in [0.5, 0.6) is 5.75 Å². The van der Waals surface area contributed by atoms with Crippen LogP contribution in [0.2, 0.25) is 0 Å². The molecule has 1 unspecified atom stereocenters. The zero-order chi connectivity index (χ0) is 27.7. The van der Waals surface area contributed by atoms with E-state index in [1.165, 1.54) is 17.7 Å². The summed E-state index contributed by atoms with van der Waals surface area (Å²) >= 11 is 0. The molecule has 3 aromatic rings. The third-order valence-electron chi connectivity index (χ3n) is 6.30. The van der Waals surface area contributed by atoms with Crippen molar-refractivity contribution in [3.05, 3.63) is 101 Å². The lowest BCUT2D eigenvalue weighted by Crippen LogP contribution is -2.52. The van der Waals surface area contributed by atoms with E-state index in [2.05, 4.69) is 26.1 Å². The smallest absolute Gasteiger partial charge is 0.261 e. The number of carbonyl (C=O) groups excluding carboxylic acids is 2. The summed E-state index contributed by atoms with van der Waals surface area (Å²) in [6, 6.07) is 22.5. The number of halogens is 1. The molecule has 202 valence electrons. The summed E-state index contributed by atoms with van der Waals surface area (Å²) in [5.41, 5.74) is 2.84. The lowest BCUT2D eigenvalue weighted by molar-refractivity contribution is -0.142. The van der Waals surface area contributed by atoms with Gasteiger partial charge in [-0.3, -0.25) is 9.59 Å². The quantitative estimate of drug-likeness (QED) is 0.343. The van der Waals surface area contributed by atoms with Crippen molar-refractivity contribution in [2.75, 3.05) is 13.2 Å². The van der Waals surface area contributed by atoms with Crippen LogP contribution in [0.1, 0.15) is 51.3 Å². The van der Waals surface area contributed by atoms with Crippen molar-refractivity contribution in [1.29, 1.82) is 0 Å². The van der Waals surface area contributed by atoms with E-state index < -0.39 is 6.04 Å². The maximum Gasteiger partial charge on any atom is 0.261 e. The van der Waals surface area contributed by atoms with E-state index in [0.717, 1.165) is 11.1 Å². The highest BCUT2D eigenvalue weighted by molar-refractivity contribution is 5.88. The molecule has 2 amide bonds. The van der Waals surface area contributed by atoms with E-state index in [1.807, 2.05) is 68.4 Å². The molecule has 1 atom stereocenters. The Hall–Kier alpha value is -3.67. The molecule has 0 aliphatic carbocycles. The van der Waals surface area contributed by atoms with Gasteiger partial charge in [0.1, 0.15) is 17.6 Å². The van der Waals surface area contributed by atoms with Gasteiger partial charge in [0.25, 0.3) is 5.91 Å². The predicted molar refractivity (Wildman–Crippen MR) is 149 cm³/mol. The number of benzene rings is 3. The van der Waals surface area contributed by atoms with Crippen molar-refractivity contribution in [3.63, 3.8) is 0 Å². The second-order valence-electron chi connectivity index (χ2n) is 11.1. The molecular weight excluding hydrogens is 479 g/mol. The first-order chi connectivity index (χ1) is 18.0. The topological polar surface area (TPSA) is 58.6 Å². The minimum absolute atomic E-state index is 0.00825. The zero-order valence-electron chi connectivity index (χ0n) is 23.0. The van der Waals surface area contributed by atoms with Gasteiger partial charge in [-0.2, -0.15) is 0 Å². The largest absolute Gasteiger partial charge is 0.484 e. The fraction of sp³-hybridized carbons (Fsp3) is 0.375. The maximum absolute atomic E-state index is 13.6. The Morgan fingerprint density at radius 1 is 0.895 bits per heavy atom. The molecule has 3 aromatic carbocycles. The lowest BCUT2D eigenvalue weighted by atomic mass is 9.87. The Kier molecular flexibility index (Phi) is 10.1. The molecule has 5 nitrogen and oxygen atoms in total. The molecule has 0 aliphatic rings. The minimum Gasteiger partial charge on any atom is -0.484 e. The monoisotopic (exact) mass is 518 g/mol. The molecule has 3 rings (SSSR count). The van der Waals surface area contributed by atoms with E-state index in [4.69, 9.17) is 4.74 Å². The summed E-state index contributed by atoms with van der Waals surface area (Å²) < 4.78 is 19.4. The van der Waals surface area contributed by atoms with Gasteiger partial charge in [-0.25, -0.2) is 4.39 Å². The zero-order valence-corrected chi connectivity index (χ0v) is 23.0. The first-order valence-electron chi connectivity index (χ1n) is 13.1. The molecule has 0 bridgehead atoms. The summed E-state index contributed by atoms with van der Waals surface area (Å²) in [6.45, 7) is 10.9. The van der Waals surface area contributed by atoms with Crippen LogP contribution in [0.15, 0.2) is 78.9 Å². The molecule has 0 aromatic heterocycles. The van der Waals surface area contributed by atoms with E-state index in [0.29, 0.717) is 18.7 Å². The van der Waals surface area contributed by atoms with Crippen LogP contribution in [-0.2, 0) is 28.0 Å². The number of nitrogens with zero attached hydrogens (tertiary/aromatic N) is 1. The minimum atomic E-state index is -0.763. The third kappa shape index (κ3) is 8.72. The van der Waals surface area contributed by atoms with Gasteiger partial charge in [0.2, 0.25) is 5.91 Å². The standard InChI is InChI=1S/C32H39FN2O3/c1-23(2)20-34-31(37)29(19-24-9-7-6-8-10-24)35(21-25-11-15-27(33)16-12-25)30(36)22-38-28-17-13-26(14-18-28)32(3,4)5/h6-18,23,29H,19-22H2,1-5H3,(H,34,37). The average Bonchev–Trinajstić information content (AvgIpc) is 2.89. The number of rotatable bonds is 11. The fourth-order valence-corrected chi connectivity index (χ4v) is 4.04. The molecular formula is C32H39FN2O3. The lowest BCUT2D eigenvalue weighted by Gasteiger charge is -2.31. The normalized spacial score (nSPS) is 12.2. The number of ether oxygens (including phenoxy) is 1. The molecule has 6 heteroatoms. The molecule has 0 saturated carbocycles. The summed E-state index contributed by atoms with van der Waals surface area (Å²) in [6.07, 6.45) is 0.345. The van der Waals surface area contributed by atoms with Crippen molar-refractivity contribution in [2.45, 2.75) is 59.0 Å². The SMILES string of the molecule is CC(C)CNC(=O)C(Cc1ccccc1)N(Cc1ccc(F)cc1)C(=O)COc1ccc(C(C)(C)C)cc1. The van der Waals surface area contributed by atoms with Gasteiger partial charge >= 0.3 is 0 Å². The van der Waals surface area contributed by atoms with Gasteiger partial charge in [0, 0.05) is 19.5 Å². The second-order valence-corrected chi connectivity index (χ2v) is 11.1. The van der Waals surface area contributed by atoms with Crippen LogP contribution in [0.3, 0.4) is 0 Å². The Balaban J connectivity index is 1.87. The van der Waals surface area contributed by atoms with Gasteiger partial charge in [-0.05, 0) is 52.3 Å². The predicted octanol–water partition coefficient (Wildman–Crippen LogP) is 5.91. The number of nitrogens with one attached hydrogen (secondary N) is 1. The van der Waals surface area contributed by atoms with Crippen molar-refractivity contribution in [3.8, 4) is 5.75 Å². The van der Waals surface area contributed by atoms with E-state index in [9.17, 15) is 14.0 Å². The van der Waals surface area contributed by atoms with E-state index in [1.54, 1.807) is 17.0 Å². The highest BCUT2D eigenvalue weighted by Crippen LogP contribution is 2.24. The fourth-order valence-electron chi connectivity index (χ4n) is 4.04. The van der Waals surface area contributed by atoms with Gasteiger partial charge in [0.05, 0.1) is 0 Å². The molecule has 38 heavy (non-hydrogen) atoms. The van der Waals surface area contributed by atoms with Crippen LogP contribution in [0.4, 0.5) is 4.39 Å². The first kappa shape index (κ1) is 28.9. The number of carbonyl (C=O) groups is 2. The number of hydrogen-bond acceptors (Lipinski definition) is 3. The first-order valence-corrected chi connectivity index (χ1v) is 13.1. The Morgan fingerprint density at radius 3 is 2.11 bits per heavy atom. The summed E-state index contributed by atoms with van der Waals surface area (Å²) in [5, 5.41) is 2.99. The average molecular weight is 519 g/mol. The highest BCUT2D eigenvalue weighted by atomic mass is 19.1. The number of amides is 2. The molecule has 0 heterocycles. The van der Waals surface area contributed by atoms with Gasteiger partial charge in [-0.15, -0.1) is 0 Å². The summed E-state index contributed by atoms with van der Waals surface area (Å²) in [7, 11) is 0. The van der Waals surface area contributed by atoms with Crippen molar-refractivity contribution in [2.24, 2.45) is 5.92 Å². The second kappa shape index (κ2) is 13.2. The van der Waals surface area contributed by atoms with Crippen molar-refractivity contribution < 1.29 is 18.7 Å². The summed E-state index contributed by atoms with van der Waals surface area (Å²) in [4.78, 5) is 28.6. The maximum atomic E-state index is 13.6. The van der Waals surface area contributed by atoms with E-state index in [-0.39, 0.29) is 42.1 Å². The van der Waals surface area contributed by atoms with Gasteiger partial charge < -0.3 is 15.0 Å². The van der Waals surface area contributed by atoms with E-state index >= 15 is 0 Å². The molecule has 0 radical (unpaired) electrons. The van der Waals surface area contributed by atoms with Crippen molar-refractivity contribution in [1.82, 2.24) is 10.2 Å². The molecule has 0 spiro atoms. The van der Waals surface area contributed by atoms with Crippen molar-refractivity contribution >= 4 is 11.8 Å². The Bertz CT molecular complexity index is 1170. The van der Waals surface area contributed by atoms with Gasteiger partial charge in [0.15, 0.2) is 6.61 Å². The third-order valence-corrected chi connectivity index (χ3v) is 6.30. The van der Waals surface area contributed by atoms with Crippen LogP contribution in [-0.4, -0.2) is 35.9 Å². The number of hydrogen-bond donors (Lipinski definition) is 1. The molecule has 0 aliphatic heterocycles. The Labute approximate surface area is 226 Å². The summed E-state index contributed by atoms with van der Waals surface area (Å²) in [5.74, 6) is -0.0690. The van der Waals surface area contributed by atoms with Crippen LogP contribution >= 0.6 is 0 Å². The Morgan fingerprint density at radius 2 is 1.53 bits per heavy atom. The van der Waals surface area contributed by atoms with Crippen LogP contribution in [0, 0.1) is 11.7 Å².